The van der Waals surface area contributed by atoms with Gasteiger partial charge in [0, 0.05) is 25.5 Å². The molecule has 0 saturated carbocycles. The molecule has 1 saturated heterocycles. The number of carbonyl (C=O) groups excluding carboxylic acids is 1. The number of pyridine rings is 1. The molecular weight excluding hydrogens is 240 g/mol. The summed E-state index contributed by atoms with van der Waals surface area (Å²) >= 11 is 0. The van der Waals surface area contributed by atoms with Crippen LogP contribution in [0.3, 0.4) is 0 Å². The first kappa shape index (κ1) is 14.0. The maximum absolute atomic E-state index is 11.8. The lowest BCUT2D eigenvalue weighted by Gasteiger charge is -2.31. The van der Waals surface area contributed by atoms with Crippen molar-refractivity contribution in [2.45, 2.75) is 33.2 Å². The summed E-state index contributed by atoms with van der Waals surface area (Å²) in [5.41, 5.74) is 2.39. The number of esters is 1. The lowest BCUT2D eigenvalue weighted by atomic mass is 9.98. The highest BCUT2D eigenvalue weighted by atomic mass is 16.5. The lowest BCUT2D eigenvalue weighted by molar-refractivity contribution is -0.150. The van der Waals surface area contributed by atoms with E-state index in [1.165, 1.54) is 11.1 Å². The van der Waals surface area contributed by atoms with Crippen LogP contribution in [0.2, 0.25) is 0 Å². The average Bonchev–Trinajstić information content (AvgIpc) is 2.39. The van der Waals surface area contributed by atoms with Crippen LogP contribution in [0.4, 0.5) is 0 Å². The van der Waals surface area contributed by atoms with Crippen LogP contribution in [0.25, 0.3) is 0 Å². The van der Waals surface area contributed by atoms with Crippen LogP contribution in [-0.2, 0) is 16.1 Å². The number of hydrogen-bond donors (Lipinski definition) is 0. The Morgan fingerprint density at radius 2 is 2.37 bits per heavy atom. The Balaban J connectivity index is 1.92. The van der Waals surface area contributed by atoms with Crippen molar-refractivity contribution in [3.8, 4) is 0 Å². The second kappa shape index (κ2) is 6.66. The highest BCUT2D eigenvalue weighted by Crippen LogP contribution is 2.19. The molecule has 1 atom stereocenters. The fourth-order valence-electron chi connectivity index (χ4n) is 2.61. The second-order valence-electron chi connectivity index (χ2n) is 5.20. The largest absolute Gasteiger partial charge is 0.466 e. The molecule has 4 nitrogen and oxygen atoms in total. The summed E-state index contributed by atoms with van der Waals surface area (Å²) in [5, 5.41) is 0. The normalized spacial score (nSPS) is 20.2. The molecule has 2 heterocycles. The Morgan fingerprint density at radius 1 is 1.53 bits per heavy atom. The number of piperidine rings is 1. The van der Waals surface area contributed by atoms with Crippen molar-refractivity contribution < 1.29 is 9.53 Å². The zero-order valence-corrected chi connectivity index (χ0v) is 11.8. The number of ether oxygens (including phenoxy) is 1. The van der Waals surface area contributed by atoms with Crippen molar-refractivity contribution >= 4 is 5.97 Å². The minimum atomic E-state index is -0.0467. The monoisotopic (exact) mass is 262 g/mol. The summed E-state index contributed by atoms with van der Waals surface area (Å²) in [6.45, 7) is 7.09. The van der Waals surface area contributed by atoms with E-state index in [0.29, 0.717) is 6.61 Å². The summed E-state index contributed by atoms with van der Waals surface area (Å²) < 4.78 is 5.12. The Labute approximate surface area is 114 Å². The van der Waals surface area contributed by atoms with E-state index >= 15 is 0 Å². The van der Waals surface area contributed by atoms with Crippen LogP contribution in [0, 0.1) is 12.8 Å². The number of carbonyl (C=O) groups is 1. The van der Waals surface area contributed by atoms with Crippen LogP contribution in [0.5, 0.6) is 0 Å². The fraction of sp³-hybridized carbons (Fsp3) is 0.600. The third-order valence-corrected chi connectivity index (χ3v) is 3.46. The summed E-state index contributed by atoms with van der Waals surface area (Å²) in [6, 6.07) is 2.15. The molecule has 0 aliphatic carbocycles. The highest BCUT2D eigenvalue weighted by molar-refractivity contribution is 5.72. The SMILES string of the molecule is CCOC(=O)[C@H]1CCCN(Cc2cncc(C)c2)C1. The van der Waals surface area contributed by atoms with Crippen molar-refractivity contribution in [1.82, 2.24) is 9.88 Å². The van der Waals surface area contributed by atoms with Gasteiger partial charge >= 0.3 is 5.97 Å². The highest BCUT2D eigenvalue weighted by Gasteiger charge is 2.26. The Morgan fingerprint density at radius 3 is 3.11 bits per heavy atom. The first-order valence-electron chi connectivity index (χ1n) is 6.98. The Hall–Kier alpha value is -1.42. The quantitative estimate of drug-likeness (QED) is 0.780. The maximum atomic E-state index is 11.8. The topological polar surface area (TPSA) is 42.4 Å². The molecule has 1 aromatic heterocycles. The van der Waals surface area contributed by atoms with Crippen LogP contribution < -0.4 is 0 Å². The molecule has 0 aromatic carbocycles. The Kier molecular flexibility index (Phi) is 4.91. The zero-order valence-electron chi connectivity index (χ0n) is 11.8. The molecule has 4 heteroatoms. The smallest absolute Gasteiger partial charge is 0.310 e. The third kappa shape index (κ3) is 4.03. The van der Waals surface area contributed by atoms with E-state index in [1.54, 1.807) is 0 Å². The van der Waals surface area contributed by atoms with E-state index in [0.717, 1.165) is 32.5 Å². The molecule has 104 valence electrons. The van der Waals surface area contributed by atoms with E-state index < -0.39 is 0 Å². The van der Waals surface area contributed by atoms with E-state index in [9.17, 15) is 4.79 Å². The van der Waals surface area contributed by atoms with E-state index in [-0.39, 0.29) is 11.9 Å². The van der Waals surface area contributed by atoms with Crippen molar-refractivity contribution in [1.29, 1.82) is 0 Å². The number of likely N-dealkylation sites (tertiary alicyclic amines) is 1. The van der Waals surface area contributed by atoms with Crippen molar-refractivity contribution in [3.05, 3.63) is 29.6 Å². The lowest BCUT2D eigenvalue weighted by Crippen LogP contribution is -2.38. The van der Waals surface area contributed by atoms with E-state index in [2.05, 4.69) is 16.0 Å². The number of aromatic nitrogens is 1. The standard InChI is InChI=1S/C15H22N2O2/c1-3-19-15(18)14-5-4-6-17(11-14)10-13-7-12(2)8-16-9-13/h7-9,14H,3-6,10-11H2,1-2H3/t14-/m0/s1. The molecule has 19 heavy (non-hydrogen) atoms. The first-order chi connectivity index (χ1) is 9.19. The average molecular weight is 262 g/mol. The summed E-state index contributed by atoms with van der Waals surface area (Å²) in [6.07, 6.45) is 5.77. The molecule has 1 aliphatic heterocycles. The maximum Gasteiger partial charge on any atom is 0.310 e. The van der Waals surface area contributed by atoms with Gasteiger partial charge < -0.3 is 4.74 Å². The van der Waals surface area contributed by atoms with Crippen LogP contribution in [0.1, 0.15) is 30.9 Å². The van der Waals surface area contributed by atoms with Crippen LogP contribution >= 0.6 is 0 Å². The molecule has 0 amide bonds. The number of rotatable bonds is 4. The minimum absolute atomic E-state index is 0.0338. The van der Waals surface area contributed by atoms with Crippen LogP contribution in [0.15, 0.2) is 18.5 Å². The van der Waals surface area contributed by atoms with Gasteiger partial charge in [-0.3, -0.25) is 14.7 Å². The zero-order chi connectivity index (χ0) is 13.7. The minimum Gasteiger partial charge on any atom is -0.466 e. The second-order valence-corrected chi connectivity index (χ2v) is 5.20. The van der Waals surface area contributed by atoms with Gasteiger partial charge in [-0.25, -0.2) is 0 Å². The Bertz CT molecular complexity index is 434. The van der Waals surface area contributed by atoms with Gasteiger partial charge in [0.05, 0.1) is 12.5 Å². The molecule has 1 fully saturated rings. The molecule has 0 spiro atoms. The molecule has 0 unspecified atom stereocenters. The van der Waals surface area contributed by atoms with E-state index in [1.807, 2.05) is 26.2 Å². The number of nitrogens with zero attached hydrogens (tertiary/aromatic N) is 2. The number of hydrogen-bond acceptors (Lipinski definition) is 4. The molecule has 0 bridgehead atoms. The van der Waals surface area contributed by atoms with E-state index in [4.69, 9.17) is 4.74 Å². The van der Waals surface area contributed by atoms with Gasteiger partial charge in [0.1, 0.15) is 0 Å². The van der Waals surface area contributed by atoms with Crippen molar-refractivity contribution in [3.63, 3.8) is 0 Å². The van der Waals surface area contributed by atoms with Gasteiger partial charge in [-0.15, -0.1) is 0 Å². The molecular formula is C15H22N2O2. The van der Waals surface area contributed by atoms with Gasteiger partial charge in [-0.1, -0.05) is 6.07 Å². The first-order valence-corrected chi connectivity index (χ1v) is 6.98. The van der Waals surface area contributed by atoms with Crippen molar-refractivity contribution in [2.75, 3.05) is 19.7 Å². The van der Waals surface area contributed by atoms with Crippen molar-refractivity contribution in [2.24, 2.45) is 5.92 Å². The van der Waals surface area contributed by atoms with Gasteiger partial charge in [0.15, 0.2) is 0 Å². The number of aryl methyl sites for hydroxylation is 1. The summed E-state index contributed by atoms with van der Waals surface area (Å²) in [7, 11) is 0. The van der Waals surface area contributed by atoms with Gasteiger partial charge in [-0.05, 0) is 44.4 Å². The summed E-state index contributed by atoms with van der Waals surface area (Å²) in [4.78, 5) is 18.3. The molecule has 0 N–H and O–H groups in total. The molecule has 2 rings (SSSR count). The van der Waals surface area contributed by atoms with Crippen LogP contribution in [-0.4, -0.2) is 35.5 Å². The third-order valence-electron chi connectivity index (χ3n) is 3.46. The summed E-state index contributed by atoms with van der Waals surface area (Å²) in [5.74, 6) is -0.0129. The molecule has 0 radical (unpaired) electrons. The molecule has 1 aliphatic rings. The van der Waals surface area contributed by atoms with Gasteiger partial charge in [0.2, 0.25) is 0 Å². The predicted octanol–water partition coefficient (Wildman–Crippen LogP) is 2.17. The van der Waals surface area contributed by atoms with Gasteiger partial charge in [0.25, 0.3) is 0 Å². The predicted molar refractivity (Wildman–Crippen MR) is 73.6 cm³/mol. The fourth-order valence-corrected chi connectivity index (χ4v) is 2.61. The van der Waals surface area contributed by atoms with Gasteiger partial charge in [-0.2, -0.15) is 0 Å². The molecule has 1 aromatic rings.